The Morgan fingerprint density at radius 1 is 1.06 bits per heavy atom. The average Bonchev–Trinajstić information content (AvgIpc) is 3.53. The van der Waals surface area contributed by atoms with Crippen molar-refractivity contribution in [2.75, 3.05) is 0 Å². The summed E-state index contributed by atoms with van der Waals surface area (Å²) in [7, 11) is 0. The molecule has 0 amide bonds. The lowest BCUT2D eigenvalue weighted by atomic mass is 9.72. The van der Waals surface area contributed by atoms with Crippen LogP contribution >= 0.6 is 0 Å². The van der Waals surface area contributed by atoms with Crippen molar-refractivity contribution >= 4 is 0 Å². The number of aromatic amines is 1. The zero-order valence-electron chi connectivity index (χ0n) is 19.6. The third kappa shape index (κ3) is 3.76. The second kappa shape index (κ2) is 8.75. The number of oxazole rings is 1. The molecule has 32 heavy (non-hydrogen) atoms. The molecule has 5 rings (SSSR count). The van der Waals surface area contributed by atoms with Crippen LogP contribution in [0.4, 0.5) is 0 Å². The van der Waals surface area contributed by atoms with E-state index < -0.39 is 0 Å². The number of pyridine rings is 1. The van der Waals surface area contributed by atoms with Crippen LogP contribution in [-0.2, 0) is 18.3 Å². The van der Waals surface area contributed by atoms with Crippen LogP contribution in [-0.4, -0.2) is 30.6 Å². The minimum Gasteiger partial charge on any atom is -0.449 e. The molecule has 3 aromatic heterocycles. The number of tetrazole rings is 1. The molecule has 1 N–H and O–H groups in total. The van der Waals surface area contributed by atoms with E-state index in [1.807, 2.05) is 6.92 Å². The molecule has 0 radical (unpaired) electrons. The van der Waals surface area contributed by atoms with Crippen molar-refractivity contribution in [3.8, 4) is 22.6 Å². The molecule has 7 nitrogen and oxygen atoms in total. The first-order chi connectivity index (χ1) is 15.6. The SMILES string of the molecule is CCC(C)CC1(c2nc3c(c(-c4coc(C)n4)c2-c2nn[nH]n2)CCCCC3)CCCC1. The topological polar surface area (TPSA) is 93.4 Å². The third-order valence-corrected chi connectivity index (χ3v) is 7.67. The van der Waals surface area contributed by atoms with Crippen LogP contribution in [0.1, 0.15) is 94.5 Å². The van der Waals surface area contributed by atoms with E-state index in [1.165, 1.54) is 68.3 Å². The van der Waals surface area contributed by atoms with Crippen LogP contribution in [0.2, 0.25) is 0 Å². The van der Waals surface area contributed by atoms with Gasteiger partial charge in [-0.15, -0.1) is 10.2 Å². The molecule has 2 aliphatic rings. The van der Waals surface area contributed by atoms with Crippen LogP contribution in [0.25, 0.3) is 22.6 Å². The van der Waals surface area contributed by atoms with Gasteiger partial charge in [0, 0.05) is 23.6 Å². The van der Waals surface area contributed by atoms with Crippen LogP contribution < -0.4 is 0 Å². The predicted molar refractivity (Wildman–Crippen MR) is 123 cm³/mol. The largest absolute Gasteiger partial charge is 0.449 e. The van der Waals surface area contributed by atoms with Crippen molar-refractivity contribution in [1.29, 1.82) is 0 Å². The fourth-order valence-electron chi connectivity index (χ4n) is 5.95. The Morgan fingerprint density at radius 2 is 1.88 bits per heavy atom. The molecule has 0 saturated heterocycles. The third-order valence-electron chi connectivity index (χ3n) is 7.67. The highest BCUT2D eigenvalue weighted by Crippen LogP contribution is 2.51. The predicted octanol–water partition coefficient (Wildman–Crippen LogP) is 5.74. The molecule has 0 aromatic carbocycles. The van der Waals surface area contributed by atoms with Gasteiger partial charge in [0.1, 0.15) is 12.0 Å². The second-order valence-electron chi connectivity index (χ2n) is 9.89. The van der Waals surface area contributed by atoms with E-state index in [1.54, 1.807) is 6.26 Å². The van der Waals surface area contributed by atoms with Crippen molar-refractivity contribution in [1.82, 2.24) is 30.6 Å². The molecule has 2 aliphatic carbocycles. The van der Waals surface area contributed by atoms with Gasteiger partial charge in [-0.3, -0.25) is 4.98 Å². The Balaban J connectivity index is 1.83. The molecule has 0 spiro atoms. The summed E-state index contributed by atoms with van der Waals surface area (Å²) < 4.78 is 5.69. The monoisotopic (exact) mass is 434 g/mol. The standard InChI is InChI=1S/C25H34N6O/c1-4-16(2)14-25(12-8-9-13-25)23-22(24-28-30-31-29-24)21(20-15-32-17(3)26-20)18-10-6-5-7-11-19(18)27-23/h15-16H,4-14H2,1-3H3,(H,28,29,30,31). The van der Waals surface area contributed by atoms with Gasteiger partial charge < -0.3 is 4.42 Å². The highest BCUT2D eigenvalue weighted by atomic mass is 16.3. The van der Waals surface area contributed by atoms with Crippen LogP contribution in [0.5, 0.6) is 0 Å². The van der Waals surface area contributed by atoms with Gasteiger partial charge in [0.05, 0.1) is 11.3 Å². The molecular weight excluding hydrogens is 400 g/mol. The number of nitrogens with zero attached hydrogens (tertiary/aromatic N) is 5. The molecular formula is C25H34N6O. The highest BCUT2D eigenvalue weighted by Gasteiger charge is 2.42. The zero-order chi connectivity index (χ0) is 22.1. The maximum Gasteiger partial charge on any atom is 0.207 e. The van der Waals surface area contributed by atoms with Crippen LogP contribution in [0.15, 0.2) is 10.7 Å². The van der Waals surface area contributed by atoms with Gasteiger partial charge in [-0.2, -0.15) is 5.21 Å². The smallest absolute Gasteiger partial charge is 0.207 e. The zero-order valence-corrected chi connectivity index (χ0v) is 19.6. The summed E-state index contributed by atoms with van der Waals surface area (Å²) in [5.41, 5.74) is 6.81. The summed E-state index contributed by atoms with van der Waals surface area (Å²) in [5.74, 6) is 1.95. The molecule has 1 fully saturated rings. The van der Waals surface area contributed by atoms with Crippen molar-refractivity contribution in [3.05, 3.63) is 29.1 Å². The van der Waals surface area contributed by atoms with Crippen molar-refractivity contribution in [3.63, 3.8) is 0 Å². The number of aryl methyl sites for hydroxylation is 2. The average molecular weight is 435 g/mol. The lowest BCUT2D eigenvalue weighted by molar-refractivity contribution is 0.320. The van der Waals surface area contributed by atoms with Gasteiger partial charge >= 0.3 is 0 Å². The first-order valence-corrected chi connectivity index (χ1v) is 12.3. The molecule has 3 heterocycles. The van der Waals surface area contributed by atoms with Crippen molar-refractivity contribution in [2.45, 2.75) is 96.8 Å². The Morgan fingerprint density at radius 3 is 2.56 bits per heavy atom. The molecule has 170 valence electrons. The number of nitrogens with one attached hydrogen (secondary N) is 1. The summed E-state index contributed by atoms with van der Waals surface area (Å²) >= 11 is 0. The van der Waals surface area contributed by atoms with E-state index in [2.05, 4.69) is 34.5 Å². The van der Waals surface area contributed by atoms with Gasteiger partial charge in [-0.25, -0.2) is 4.98 Å². The number of H-pyrrole nitrogens is 1. The Kier molecular flexibility index (Phi) is 5.82. The van der Waals surface area contributed by atoms with Gasteiger partial charge in [0.2, 0.25) is 5.82 Å². The summed E-state index contributed by atoms with van der Waals surface area (Å²) in [6.07, 6.45) is 14.6. The lowest BCUT2D eigenvalue weighted by Crippen LogP contribution is -2.29. The fraction of sp³-hybridized carbons (Fsp3) is 0.640. The van der Waals surface area contributed by atoms with Crippen LogP contribution in [0.3, 0.4) is 0 Å². The van der Waals surface area contributed by atoms with Gasteiger partial charge in [0.15, 0.2) is 5.89 Å². The van der Waals surface area contributed by atoms with E-state index in [-0.39, 0.29) is 5.41 Å². The maximum absolute atomic E-state index is 5.69. The molecule has 7 heteroatoms. The fourth-order valence-corrected chi connectivity index (χ4v) is 5.95. The van der Waals surface area contributed by atoms with Crippen molar-refractivity contribution in [2.24, 2.45) is 5.92 Å². The first kappa shape index (κ1) is 21.3. The number of aromatic nitrogens is 6. The molecule has 3 aromatic rings. The van der Waals surface area contributed by atoms with Gasteiger partial charge in [0.25, 0.3) is 0 Å². The van der Waals surface area contributed by atoms with Gasteiger partial charge in [-0.05, 0) is 61.6 Å². The highest BCUT2D eigenvalue weighted by molar-refractivity contribution is 5.84. The van der Waals surface area contributed by atoms with Crippen molar-refractivity contribution < 1.29 is 4.42 Å². The normalized spacial score (nSPS) is 19.0. The van der Waals surface area contributed by atoms with E-state index in [4.69, 9.17) is 14.4 Å². The lowest BCUT2D eigenvalue weighted by Gasteiger charge is -2.34. The number of rotatable bonds is 6. The van der Waals surface area contributed by atoms with E-state index in [0.717, 1.165) is 36.1 Å². The molecule has 1 unspecified atom stereocenters. The minimum absolute atomic E-state index is 0.0558. The number of fused-ring (bicyclic) bond motifs is 1. The summed E-state index contributed by atoms with van der Waals surface area (Å²) in [6.45, 7) is 6.57. The Labute approximate surface area is 189 Å². The van der Waals surface area contributed by atoms with E-state index >= 15 is 0 Å². The van der Waals surface area contributed by atoms with E-state index in [0.29, 0.717) is 17.6 Å². The summed E-state index contributed by atoms with van der Waals surface area (Å²) in [6, 6.07) is 0. The molecule has 0 bridgehead atoms. The van der Waals surface area contributed by atoms with Gasteiger partial charge in [-0.1, -0.05) is 39.5 Å². The summed E-state index contributed by atoms with van der Waals surface area (Å²) in [5, 5.41) is 15.6. The second-order valence-corrected chi connectivity index (χ2v) is 9.89. The minimum atomic E-state index is 0.0558. The summed E-state index contributed by atoms with van der Waals surface area (Å²) in [4.78, 5) is 10.3. The maximum atomic E-state index is 5.69. The van der Waals surface area contributed by atoms with Crippen LogP contribution in [0, 0.1) is 12.8 Å². The Bertz CT molecular complexity index is 1060. The first-order valence-electron chi connectivity index (χ1n) is 12.3. The Hall–Kier alpha value is -2.57. The van der Waals surface area contributed by atoms with E-state index in [9.17, 15) is 0 Å². The number of hydrogen-bond acceptors (Lipinski definition) is 6. The molecule has 1 atom stereocenters. The molecule has 1 saturated carbocycles. The molecule has 0 aliphatic heterocycles. The quantitative estimate of drug-likeness (QED) is 0.497. The number of hydrogen-bond donors (Lipinski definition) is 1.